The van der Waals surface area contributed by atoms with Crippen LogP contribution in [0.1, 0.15) is 43.2 Å². The Kier molecular flexibility index (Phi) is 9.28. The molecule has 5 nitrogen and oxygen atoms in total. The summed E-state index contributed by atoms with van der Waals surface area (Å²) in [6.45, 7) is 0. The van der Waals surface area contributed by atoms with Crippen LogP contribution in [-0.2, 0) is 23.8 Å². The maximum Gasteiger partial charge on any atom is 0.122 e. The van der Waals surface area contributed by atoms with Gasteiger partial charge in [0, 0.05) is 17.1 Å². The van der Waals surface area contributed by atoms with Crippen molar-refractivity contribution in [1.82, 2.24) is 0 Å². The van der Waals surface area contributed by atoms with Gasteiger partial charge in [-0.2, -0.15) is 0 Å². The summed E-state index contributed by atoms with van der Waals surface area (Å²) < 4.78 is 10.6. The number of fused-ring (bicyclic) bond motifs is 2. The zero-order chi connectivity index (χ0) is 22.8. The van der Waals surface area contributed by atoms with Crippen molar-refractivity contribution >= 4 is 28.0 Å². The van der Waals surface area contributed by atoms with Gasteiger partial charge in [0.15, 0.2) is 0 Å². The Morgan fingerprint density at radius 3 is 1.72 bits per heavy atom. The minimum absolute atomic E-state index is 0.0359. The minimum atomic E-state index is -1.39. The third-order valence-electron chi connectivity index (χ3n) is 5.65. The van der Waals surface area contributed by atoms with E-state index in [-0.39, 0.29) is 6.10 Å². The summed E-state index contributed by atoms with van der Waals surface area (Å²) >= 11 is 0. The SMILES string of the molecule is Nc1ccc(S(N)=O)cc1.OC1CCCCC1.c1ccc2c(c1)CCc1ccccc1N2. The molecule has 1 aliphatic heterocycles. The van der Waals surface area contributed by atoms with Crippen LogP contribution in [0.25, 0.3) is 0 Å². The highest BCUT2D eigenvalue weighted by atomic mass is 32.2. The van der Waals surface area contributed by atoms with Gasteiger partial charge < -0.3 is 16.2 Å². The molecule has 0 radical (unpaired) electrons. The van der Waals surface area contributed by atoms with Crippen molar-refractivity contribution in [2.45, 2.75) is 55.9 Å². The molecule has 0 spiro atoms. The second-order valence-corrected chi connectivity index (χ2v) is 9.16. The van der Waals surface area contributed by atoms with Crippen molar-refractivity contribution < 1.29 is 9.32 Å². The Morgan fingerprint density at radius 1 is 0.781 bits per heavy atom. The Morgan fingerprint density at radius 2 is 1.28 bits per heavy atom. The number of hydrogen-bond donors (Lipinski definition) is 4. The van der Waals surface area contributed by atoms with Crippen molar-refractivity contribution in [1.29, 1.82) is 0 Å². The number of aryl methyl sites for hydroxylation is 2. The number of aliphatic hydroxyl groups excluding tert-OH is 1. The molecule has 0 aromatic heterocycles. The molecule has 1 heterocycles. The lowest BCUT2D eigenvalue weighted by molar-refractivity contribution is 0.130. The lowest BCUT2D eigenvalue weighted by Gasteiger charge is -2.14. The molecule has 1 fully saturated rings. The fourth-order valence-corrected chi connectivity index (χ4v) is 4.22. The first-order valence-corrected chi connectivity index (χ1v) is 12.4. The van der Waals surface area contributed by atoms with E-state index in [2.05, 4.69) is 53.8 Å². The van der Waals surface area contributed by atoms with Crippen LogP contribution in [0.3, 0.4) is 0 Å². The van der Waals surface area contributed by atoms with Crippen molar-refractivity contribution in [3.8, 4) is 0 Å². The number of hydrogen-bond acceptors (Lipinski definition) is 4. The molecule has 3 aromatic carbocycles. The van der Waals surface area contributed by atoms with E-state index in [1.54, 1.807) is 24.3 Å². The number of rotatable bonds is 1. The predicted molar refractivity (Wildman–Crippen MR) is 134 cm³/mol. The molecule has 0 saturated heterocycles. The monoisotopic (exact) mass is 451 g/mol. The molecule has 32 heavy (non-hydrogen) atoms. The lowest BCUT2D eigenvalue weighted by Crippen LogP contribution is -2.09. The topological polar surface area (TPSA) is 101 Å². The first kappa shape index (κ1) is 24.0. The van der Waals surface area contributed by atoms with Gasteiger partial charge in [-0.3, -0.25) is 0 Å². The molecular formula is C26H33N3O2S. The van der Waals surface area contributed by atoms with Gasteiger partial charge in [-0.15, -0.1) is 0 Å². The third-order valence-corrected chi connectivity index (χ3v) is 6.39. The average molecular weight is 452 g/mol. The molecule has 2 aliphatic rings. The Balaban J connectivity index is 0.000000147. The fourth-order valence-electron chi connectivity index (χ4n) is 3.82. The van der Waals surface area contributed by atoms with Crippen LogP contribution < -0.4 is 16.2 Å². The molecular weight excluding hydrogens is 418 g/mol. The lowest BCUT2D eigenvalue weighted by atomic mass is 9.98. The highest BCUT2D eigenvalue weighted by Gasteiger charge is 2.10. The van der Waals surface area contributed by atoms with E-state index < -0.39 is 11.0 Å². The number of nitrogens with one attached hydrogen (secondary N) is 1. The predicted octanol–water partition coefficient (Wildman–Crippen LogP) is 5.09. The van der Waals surface area contributed by atoms with E-state index in [9.17, 15) is 4.21 Å². The molecule has 170 valence electrons. The molecule has 1 atom stereocenters. The van der Waals surface area contributed by atoms with Crippen LogP contribution in [0.4, 0.5) is 17.1 Å². The smallest absolute Gasteiger partial charge is 0.122 e. The Hall–Kier alpha value is -2.67. The van der Waals surface area contributed by atoms with Gasteiger partial charge >= 0.3 is 0 Å². The number of nitrogens with two attached hydrogens (primary N) is 2. The number of benzene rings is 3. The molecule has 1 aliphatic carbocycles. The van der Waals surface area contributed by atoms with Gasteiger partial charge in [0.2, 0.25) is 0 Å². The zero-order valence-corrected chi connectivity index (χ0v) is 19.2. The molecule has 6 N–H and O–H groups in total. The molecule has 1 unspecified atom stereocenters. The van der Waals surface area contributed by atoms with E-state index in [4.69, 9.17) is 16.0 Å². The number of para-hydroxylation sites is 2. The first-order chi connectivity index (χ1) is 15.5. The average Bonchev–Trinajstić information content (AvgIpc) is 3.00. The van der Waals surface area contributed by atoms with Crippen LogP contribution in [0.2, 0.25) is 0 Å². The number of nitrogen functional groups attached to an aromatic ring is 1. The van der Waals surface area contributed by atoms with Gasteiger partial charge in [0.05, 0.1) is 11.0 Å². The quantitative estimate of drug-likeness (QED) is 0.387. The van der Waals surface area contributed by atoms with Gasteiger partial charge in [0.25, 0.3) is 0 Å². The van der Waals surface area contributed by atoms with Crippen molar-refractivity contribution in [3.63, 3.8) is 0 Å². The van der Waals surface area contributed by atoms with Crippen LogP contribution >= 0.6 is 0 Å². The van der Waals surface area contributed by atoms with Crippen molar-refractivity contribution in [2.75, 3.05) is 11.1 Å². The van der Waals surface area contributed by atoms with Crippen molar-refractivity contribution in [3.05, 3.63) is 83.9 Å². The number of anilines is 3. The number of aliphatic hydroxyl groups is 1. The second-order valence-electron chi connectivity index (χ2n) is 8.10. The maximum atomic E-state index is 10.6. The molecule has 3 aromatic rings. The van der Waals surface area contributed by atoms with Gasteiger partial charge in [-0.05, 0) is 73.2 Å². The van der Waals surface area contributed by atoms with Gasteiger partial charge in [-0.1, -0.05) is 55.7 Å². The van der Waals surface area contributed by atoms with Gasteiger partial charge in [0.1, 0.15) is 11.0 Å². The van der Waals surface area contributed by atoms with E-state index in [1.807, 2.05) is 0 Å². The highest BCUT2D eigenvalue weighted by molar-refractivity contribution is 7.82. The van der Waals surface area contributed by atoms with Crippen molar-refractivity contribution in [2.24, 2.45) is 5.14 Å². The zero-order valence-electron chi connectivity index (χ0n) is 18.4. The summed E-state index contributed by atoms with van der Waals surface area (Å²) in [6, 6.07) is 23.7. The van der Waals surface area contributed by atoms with Gasteiger partial charge in [-0.25, -0.2) is 9.35 Å². The Labute approximate surface area is 193 Å². The largest absolute Gasteiger partial charge is 0.399 e. The van der Waals surface area contributed by atoms with E-state index >= 15 is 0 Å². The second kappa shape index (κ2) is 12.4. The van der Waals surface area contributed by atoms with Crippen LogP contribution in [0.5, 0.6) is 0 Å². The molecule has 1 saturated carbocycles. The van der Waals surface area contributed by atoms with E-state index in [1.165, 1.54) is 41.8 Å². The van der Waals surface area contributed by atoms with E-state index in [0.717, 1.165) is 25.7 Å². The summed E-state index contributed by atoms with van der Waals surface area (Å²) in [7, 11) is -1.39. The molecule has 5 rings (SSSR count). The standard InChI is InChI=1S/C14H13N.C6H8N2OS.C6H12O/c1-3-7-13-11(5-1)9-10-12-6-2-4-8-14(12)15-13;7-5-1-3-6(4-2-5)10(8)9;7-6-4-2-1-3-5-6/h1-8,15H,9-10H2;1-4H,7-8H2;6-7H,1-5H2. The molecule has 0 bridgehead atoms. The summed E-state index contributed by atoms with van der Waals surface area (Å²) in [5.74, 6) is 0. The van der Waals surface area contributed by atoms with Crippen LogP contribution in [0.15, 0.2) is 77.7 Å². The third kappa shape index (κ3) is 7.48. The summed E-state index contributed by atoms with van der Waals surface area (Å²) in [5.41, 5.74) is 11.4. The Bertz CT molecular complexity index is 956. The fraction of sp³-hybridized carbons (Fsp3) is 0.308. The molecule has 6 heteroatoms. The van der Waals surface area contributed by atoms with E-state index in [0.29, 0.717) is 10.6 Å². The van der Waals surface area contributed by atoms with Crippen LogP contribution in [0, 0.1) is 0 Å². The first-order valence-electron chi connectivity index (χ1n) is 11.2. The highest BCUT2D eigenvalue weighted by Crippen LogP contribution is 2.29. The summed E-state index contributed by atoms with van der Waals surface area (Å²) in [5, 5.41) is 17.5. The molecule has 0 amide bonds. The van der Waals surface area contributed by atoms with Crippen LogP contribution in [-0.4, -0.2) is 15.4 Å². The summed E-state index contributed by atoms with van der Waals surface area (Å²) in [6.07, 6.45) is 8.17. The minimum Gasteiger partial charge on any atom is -0.399 e. The maximum absolute atomic E-state index is 10.6. The normalized spacial score (nSPS) is 15.8. The summed E-state index contributed by atoms with van der Waals surface area (Å²) in [4.78, 5) is 0.592.